The maximum atomic E-state index is 13.1. The molecule has 0 aliphatic carbocycles. The van der Waals surface area contributed by atoms with E-state index < -0.39 is 0 Å². The highest BCUT2D eigenvalue weighted by molar-refractivity contribution is 7.80. The molecule has 0 atom stereocenters. The third kappa shape index (κ3) is 3.82. The average Bonchev–Trinajstić information content (AvgIpc) is 2.76. The molecule has 1 N–H and O–H groups in total. The topological polar surface area (TPSA) is 15.3 Å². The van der Waals surface area contributed by atoms with Crippen LogP contribution in [-0.4, -0.2) is 11.7 Å². The minimum Gasteiger partial charge on any atom is -0.358 e. The molecule has 0 fully saturated rings. The van der Waals surface area contributed by atoms with Crippen LogP contribution in [0.4, 0.5) is 10.1 Å². The van der Waals surface area contributed by atoms with Crippen LogP contribution in [0.5, 0.6) is 0 Å². The van der Waals surface area contributed by atoms with E-state index in [4.69, 9.17) is 23.8 Å². The van der Waals surface area contributed by atoms with E-state index in [1.54, 1.807) is 6.07 Å². The largest absolute Gasteiger partial charge is 0.358 e. The first-order chi connectivity index (χ1) is 11.1. The smallest absolute Gasteiger partial charge is 0.173 e. The lowest BCUT2D eigenvalue weighted by molar-refractivity contribution is 0.627. The van der Waals surface area contributed by atoms with Crippen LogP contribution in [0, 0.1) is 5.82 Å². The van der Waals surface area contributed by atoms with E-state index >= 15 is 0 Å². The van der Waals surface area contributed by atoms with Crippen molar-refractivity contribution in [1.82, 2.24) is 5.32 Å². The van der Waals surface area contributed by atoms with Crippen LogP contribution in [0.2, 0.25) is 5.02 Å². The number of hydrogen-bond acceptors (Lipinski definition) is 1. The van der Waals surface area contributed by atoms with Gasteiger partial charge in [0.2, 0.25) is 0 Å². The Kier molecular flexibility index (Phi) is 5.13. The van der Waals surface area contributed by atoms with Crippen molar-refractivity contribution in [1.29, 1.82) is 0 Å². The molecule has 5 heteroatoms. The summed E-state index contributed by atoms with van der Waals surface area (Å²) in [4.78, 5) is 2.15. The lowest BCUT2D eigenvalue weighted by atomic mass is 10.1. The van der Waals surface area contributed by atoms with Crippen LogP contribution in [0.15, 0.2) is 42.5 Å². The van der Waals surface area contributed by atoms with Crippen molar-refractivity contribution in [3.8, 4) is 0 Å². The highest BCUT2D eigenvalue weighted by Gasteiger charge is 2.18. The molecule has 2 aromatic carbocycles. The molecule has 0 bridgehead atoms. The SMILES string of the molecule is Fc1ccc(CNC(=S)N2CCCCc3ccccc32)c(Cl)c1. The standard InChI is InChI=1S/C18H18ClFN2S/c19-16-11-15(20)9-8-14(16)12-21-18(23)22-10-4-3-6-13-5-1-2-7-17(13)22/h1-2,5,7-9,11H,3-4,6,10,12H2,(H,21,23). The number of rotatable bonds is 2. The molecule has 0 spiro atoms. The van der Waals surface area contributed by atoms with E-state index in [1.165, 1.54) is 29.8 Å². The van der Waals surface area contributed by atoms with Gasteiger partial charge >= 0.3 is 0 Å². The fraction of sp³-hybridized carbons (Fsp3) is 0.278. The van der Waals surface area contributed by atoms with Crippen molar-refractivity contribution in [3.05, 3.63) is 64.4 Å². The van der Waals surface area contributed by atoms with Gasteiger partial charge in [0.1, 0.15) is 5.82 Å². The summed E-state index contributed by atoms with van der Waals surface area (Å²) in [6.45, 7) is 1.39. The third-order valence-corrected chi connectivity index (χ3v) is 4.77. The molecule has 0 saturated carbocycles. The maximum absolute atomic E-state index is 13.1. The number of nitrogens with zero attached hydrogens (tertiary/aromatic N) is 1. The quantitative estimate of drug-likeness (QED) is 0.792. The van der Waals surface area contributed by atoms with Crippen LogP contribution in [0.1, 0.15) is 24.0 Å². The van der Waals surface area contributed by atoms with Crippen molar-refractivity contribution in [3.63, 3.8) is 0 Å². The molecule has 1 heterocycles. The van der Waals surface area contributed by atoms with Crippen LogP contribution < -0.4 is 10.2 Å². The minimum absolute atomic E-state index is 0.331. The summed E-state index contributed by atoms with van der Waals surface area (Å²) in [5.41, 5.74) is 3.33. The normalized spacial score (nSPS) is 14.1. The number of nitrogens with one attached hydrogen (secondary N) is 1. The molecule has 1 aliphatic rings. The Morgan fingerprint density at radius 2 is 2.04 bits per heavy atom. The number of para-hydroxylation sites is 1. The summed E-state index contributed by atoms with van der Waals surface area (Å²) < 4.78 is 13.1. The zero-order valence-corrected chi connectivity index (χ0v) is 14.3. The van der Waals surface area contributed by atoms with Gasteiger partial charge in [-0.1, -0.05) is 35.9 Å². The van der Waals surface area contributed by atoms with Gasteiger partial charge in [-0.25, -0.2) is 4.39 Å². The highest BCUT2D eigenvalue weighted by Crippen LogP contribution is 2.26. The van der Waals surface area contributed by atoms with Crippen LogP contribution >= 0.6 is 23.8 Å². The second kappa shape index (κ2) is 7.28. The van der Waals surface area contributed by atoms with Gasteiger partial charge in [-0.15, -0.1) is 0 Å². The van der Waals surface area contributed by atoms with Crippen molar-refractivity contribution in [2.45, 2.75) is 25.8 Å². The van der Waals surface area contributed by atoms with Gasteiger partial charge in [-0.05, 0) is 60.8 Å². The molecule has 0 amide bonds. The molecule has 3 rings (SSSR count). The molecule has 2 aromatic rings. The van der Waals surface area contributed by atoms with Gasteiger partial charge in [0.05, 0.1) is 0 Å². The van der Waals surface area contributed by atoms with Gasteiger partial charge in [0.15, 0.2) is 5.11 Å². The molecule has 120 valence electrons. The van der Waals surface area contributed by atoms with Crippen molar-refractivity contribution in [2.24, 2.45) is 0 Å². The van der Waals surface area contributed by atoms with E-state index in [0.717, 1.165) is 24.9 Å². The fourth-order valence-electron chi connectivity index (χ4n) is 2.83. The second-order valence-corrected chi connectivity index (χ2v) is 6.43. The number of anilines is 1. The predicted molar refractivity (Wildman–Crippen MR) is 97.6 cm³/mol. The molecule has 23 heavy (non-hydrogen) atoms. The van der Waals surface area contributed by atoms with Gasteiger partial charge < -0.3 is 10.2 Å². The van der Waals surface area contributed by atoms with Crippen LogP contribution in [-0.2, 0) is 13.0 Å². The van der Waals surface area contributed by atoms with E-state index in [1.807, 2.05) is 6.07 Å². The third-order valence-electron chi connectivity index (χ3n) is 4.05. The van der Waals surface area contributed by atoms with Gasteiger partial charge in [0, 0.05) is 23.8 Å². The molecule has 0 saturated heterocycles. The summed E-state index contributed by atoms with van der Waals surface area (Å²) in [5, 5.41) is 4.34. The van der Waals surface area contributed by atoms with Crippen LogP contribution in [0.25, 0.3) is 0 Å². The Bertz CT molecular complexity index is 720. The molecule has 2 nitrogen and oxygen atoms in total. The number of thiocarbonyl (C=S) groups is 1. The van der Waals surface area contributed by atoms with E-state index in [-0.39, 0.29) is 5.82 Å². The Labute approximate surface area is 146 Å². The molecule has 0 unspecified atom stereocenters. The number of hydrogen-bond donors (Lipinski definition) is 1. The lowest BCUT2D eigenvalue weighted by Crippen LogP contribution is -2.40. The number of aryl methyl sites for hydroxylation is 1. The molecule has 1 aliphatic heterocycles. The minimum atomic E-state index is -0.331. The monoisotopic (exact) mass is 348 g/mol. The first-order valence-corrected chi connectivity index (χ1v) is 8.51. The second-order valence-electron chi connectivity index (χ2n) is 5.63. The summed E-state index contributed by atoms with van der Waals surface area (Å²) in [6, 6.07) is 12.8. The maximum Gasteiger partial charge on any atom is 0.173 e. The van der Waals surface area contributed by atoms with Crippen molar-refractivity contribution < 1.29 is 4.39 Å². The van der Waals surface area contributed by atoms with Crippen LogP contribution in [0.3, 0.4) is 0 Å². The zero-order valence-electron chi connectivity index (χ0n) is 12.7. The summed E-state index contributed by atoms with van der Waals surface area (Å²) in [5.74, 6) is -0.331. The number of halogens is 2. The summed E-state index contributed by atoms with van der Waals surface area (Å²) in [6.07, 6.45) is 3.35. The van der Waals surface area contributed by atoms with E-state index in [2.05, 4.69) is 28.4 Å². The van der Waals surface area contributed by atoms with Crippen molar-refractivity contribution >= 4 is 34.6 Å². The Morgan fingerprint density at radius 3 is 2.87 bits per heavy atom. The predicted octanol–water partition coefficient (Wildman–Crippen LogP) is 4.70. The number of benzene rings is 2. The zero-order chi connectivity index (χ0) is 16.2. The Morgan fingerprint density at radius 1 is 1.22 bits per heavy atom. The Balaban J connectivity index is 1.73. The van der Waals surface area contributed by atoms with Gasteiger partial charge in [-0.3, -0.25) is 0 Å². The van der Waals surface area contributed by atoms with E-state index in [9.17, 15) is 4.39 Å². The molecular formula is C18H18ClFN2S. The lowest BCUT2D eigenvalue weighted by Gasteiger charge is -2.26. The summed E-state index contributed by atoms with van der Waals surface area (Å²) in [7, 11) is 0. The first-order valence-electron chi connectivity index (χ1n) is 7.72. The molecule has 0 aromatic heterocycles. The van der Waals surface area contributed by atoms with Gasteiger partial charge in [0.25, 0.3) is 0 Å². The summed E-state index contributed by atoms with van der Waals surface area (Å²) >= 11 is 11.6. The number of fused-ring (bicyclic) bond motifs is 1. The molecular weight excluding hydrogens is 331 g/mol. The Hall–Kier alpha value is -1.65. The average molecular weight is 349 g/mol. The van der Waals surface area contributed by atoms with Gasteiger partial charge in [-0.2, -0.15) is 0 Å². The molecule has 0 radical (unpaired) electrons. The van der Waals surface area contributed by atoms with E-state index in [0.29, 0.717) is 16.7 Å². The first kappa shape index (κ1) is 16.2. The highest BCUT2D eigenvalue weighted by atomic mass is 35.5. The fourth-order valence-corrected chi connectivity index (χ4v) is 3.33. The van der Waals surface area contributed by atoms with Crippen molar-refractivity contribution in [2.75, 3.05) is 11.4 Å².